The van der Waals surface area contributed by atoms with Crippen LogP contribution in [0.1, 0.15) is 10.6 Å². The zero-order chi connectivity index (χ0) is 13.7. The predicted octanol–water partition coefficient (Wildman–Crippen LogP) is 0.952. The molecule has 0 unspecified atom stereocenters. The van der Waals surface area contributed by atoms with E-state index in [0.29, 0.717) is 15.7 Å². The van der Waals surface area contributed by atoms with Gasteiger partial charge in [-0.3, -0.25) is 4.79 Å². The van der Waals surface area contributed by atoms with Crippen molar-refractivity contribution in [2.24, 2.45) is 5.10 Å². The highest BCUT2D eigenvalue weighted by molar-refractivity contribution is 7.15. The van der Waals surface area contributed by atoms with E-state index in [1.54, 1.807) is 18.2 Å². The quantitative estimate of drug-likeness (QED) is 0.643. The van der Waals surface area contributed by atoms with Crippen molar-refractivity contribution in [1.29, 1.82) is 0 Å². The van der Waals surface area contributed by atoms with Gasteiger partial charge in [-0.05, 0) is 6.07 Å². The van der Waals surface area contributed by atoms with Crippen molar-refractivity contribution in [3.05, 3.63) is 40.7 Å². The minimum absolute atomic E-state index is 0.0312. The average molecular weight is 279 g/mol. The van der Waals surface area contributed by atoms with Crippen LogP contribution in [-0.4, -0.2) is 22.3 Å². The van der Waals surface area contributed by atoms with E-state index in [1.807, 2.05) is 0 Å². The van der Waals surface area contributed by atoms with Crippen LogP contribution in [0.2, 0.25) is 0 Å². The number of hydrazone groups is 1. The first-order chi connectivity index (χ1) is 9.15. The Morgan fingerprint density at radius 3 is 2.95 bits per heavy atom. The predicted molar refractivity (Wildman–Crippen MR) is 70.2 cm³/mol. The van der Waals surface area contributed by atoms with E-state index in [1.165, 1.54) is 12.3 Å². The molecule has 0 aliphatic rings. The second-order valence-electron chi connectivity index (χ2n) is 3.53. The van der Waals surface area contributed by atoms with E-state index in [-0.39, 0.29) is 12.3 Å². The average Bonchev–Trinajstić information content (AvgIpc) is 2.77. The van der Waals surface area contributed by atoms with Gasteiger partial charge < -0.3 is 5.73 Å². The van der Waals surface area contributed by atoms with Crippen molar-refractivity contribution in [2.45, 2.75) is 6.42 Å². The van der Waals surface area contributed by atoms with Gasteiger partial charge in [-0.1, -0.05) is 29.5 Å². The fourth-order valence-corrected chi connectivity index (χ4v) is 1.88. The monoisotopic (exact) mass is 279 g/mol. The van der Waals surface area contributed by atoms with Gasteiger partial charge in [-0.25, -0.2) is 9.82 Å². The largest absolute Gasteiger partial charge is 0.374 e. The fraction of sp³-hybridized carbons (Fsp3) is 0.0909. The number of nitrogens with two attached hydrogens (primary N) is 1. The highest BCUT2D eigenvalue weighted by Gasteiger charge is 2.07. The molecule has 2 rings (SSSR count). The van der Waals surface area contributed by atoms with Crippen LogP contribution < -0.4 is 11.2 Å². The van der Waals surface area contributed by atoms with E-state index in [0.717, 1.165) is 11.3 Å². The summed E-state index contributed by atoms with van der Waals surface area (Å²) in [4.78, 5) is 11.5. The van der Waals surface area contributed by atoms with Crippen LogP contribution in [-0.2, 0) is 11.2 Å². The summed E-state index contributed by atoms with van der Waals surface area (Å²) in [6.07, 6.45) is 1.27. The van der Waals surface area contributed by atoms with Crippen molar-refractivity contribution >= 4 is 28.6 Å². The van der Waals surface area contributed by atoms with Gasteiger partial charge in [-0.2, -0.15) is 5.10 Å². The maximum atomic E-state index is 13.2. The Balaban J connectivity index is 1.88. The standard InChI is InChI=1S/C11H10FN5OS/c12-8-4-2-1-3-7(8)6-14-15-9(18)5-10-16-17-11(13)19-10/h1-4,6H,5H2,(H2,13,17)(H,15,18)/b14-6-. The summed E-state index contributed by atoms with van der Waals surface area (Å²) >= 11 is 1.13. The number of aromatic nitrogens is 2. The molecule has 2 aromatic rings. The summed E-state index contributed by atoms with van der Waals surface area (Å²) in [6.45, 7) is 0. The SMILES string of the molecule is Nc1nnc(CC(=O)N/N=C\c2ccccc2F)s1. The molecule has 0 atom stereocenters. The topological polar surface area (TPSA) is 93.3 Å². The molecular formula is C11H10FN5OS. The maximum absolute atomic E-state index is 13.2. The molecule has 0 aliphatic heterocycles. The van der Waals surface area contributed by atoms with Gasteiger partial charge in [0.05, 0.1) is 12.6 Å². The normalized spacial score (nSPS) is 10.8. The summed E-state index contributed by atoms with van der Waals surface area (Å²) in [5, 5.41) is 11.8. The summed E-state index contributed by atoms with van der Waals surface area (Å²) < 4.78 is 13.2. The van der Waals surface area contributed by atoms with Gasteiger partial charge in [0.1, 0.15) is 10.8 Å². The summed E-state index contributed by atoms with van der Waals surface area (Å²) in [5.41, 5.74) is 7.96. The zero-order valence-electron chi connectivity index (χ0n) is 9.71. The first-order valence-electron chi connectivity index (χ1n) is 5.29. The number of hydrogen-bond acceptors (Lipinski definition) is 6. The first kappa shape index (κ1) is 13.1. The smallest absolute Gasteiger partial charge is 0.247 e. The van der Waals surface area contributed by atoms with E-state index >= 15 is 0 Å². The Kier molecular flexibility index (Phi) is 4.14. The van der Waals surface area contributed by atoms with Gasteiger partial charge in [0.15, 0.2) is 0 Å². The summed E-state index contributed by atoms with van der Waals surface area (Å²) in [5.74, 6) is -0.777. The number of nitrogens with one attached hydrogen (secondary N) is 1. The van der Waals surface area contributed by atoms with Crippen LogP contribution in [0, 0.1) is 5.82 Å². The molecular weight excluding hydrogens is 269 g/mol. The Morgan fingerprint density at radius 2 is 2.26 bits per heavy atom. The van der Waals surface area contributed by atoms with Crippen LogP contribution >= 0.6 is 11.3 Å². The van der Waals surface area contributed by atoms with E-state index in [2.05, 4.69) is 20.7 Å². The Morgan fingerprint density at radius 1 is 1.47 bits per heavy atom. The van der Waals surface area contributed by atoms with Crippen molar-refractivity contribution in [2.75, 3.05) is 5.73 Å². The van der Waals surface area contributed by atoms with E-state index < -0.39 is 5.82 Å². The minimum atomic E-state index is -0.405. The molecule has 1 heterocycles. The maximum Gasteiger partial charge on any atom is 0.247 e. The molecule has 0 fully saturated rings. The van der Waals surface area contributed by atoms with E-state index in [9.17, 15) is 9.18 Å². The third-order valence-corrected chi connectivity index (χ3v) is 2.84. The number of halogens is 1. The number of benzene rings is 1. The number of nitrogens with zero attached hydrogens (tertiary/aromatic N) is 3. The number of carbonyl (C=O) groups excluding carboxylic acids is 1. The lowest BCUT2D eigenvalue weighted by Gasteiger charge is -1.97. The molecule has 1 aromatic carbocycles. The molecule has 0 spiro atoms. The fourth-order valence-electron chi connectivity index (χ4n) is 1.27. The number of nitrogen functional groups attached to an aromatic ring is 1. The number of amides is 1. The number of rotatable bonds is 4. The summed E-state index contributed by atoms with van der Waals surface area (Å²) in [6, 6.07) is 6.12. The lowest BCUT2D eigenvalue weighted by molar-refractivity contribution is -0.120. The molecule has 8 heteroatoms. The summed E-state index contributed by atoms with van der Waals surface area (Å²) in [7, 11) is 0. The molecule has 0 aliphatic carbocycles. The molecule has 98 valence electrons. The highest BCUT2D eigenvalue weighted by Crippen LogP contribution is 2.11. The van der Waals surface area contributed by atoms with Crippen molar-refractivity contribution in [3.8, 4) is 0 Å². The Hall–Kier alpha value is -2.35. The van der Waals surface area contributed by atoms with Crippen molar-refractivity contribution in [3.63, 3.8) is 0 Å². The molecule has 0 bridgehead atoms. The number of carbonyl (C=O) groups is 1. The third-order valence-electron chi connectivity index (χ3n) is 2.09. The molecule has 0 radical (unpaired) electrons. The van der Waals surface area contributed by atoms with Gasteiger partial charge in [-0.15, -0.1) is 10.2 Å². The minimum Gasteiger partial charge on any atom is -0.374 e. The Bertz CT molecular complexity index is 613. The number of hydrogen-bond donors (Lipinski definition) is 2. The van der Waals surface area contributed by atoms with E-state index in [4.69, 9.17) is 5.73 Å². The third kappa shape index (κ3) is 3.81. The van der Waals surface area contributed by atoms with Crippen LogP contribution in [0.4, 0.5) is 9.52 Å². The van der Waals surface area contributed by atoms with Gasteiger partial charge in [0.2, 0.25) is 11.0 Å². The highest BCUT2D eigenvalue weighted by atomic mass is 32.1. The van der Waals surface area contributed by atoms with Crippen LogP contribution in [0.3, 0.4) is 0 Å². The second-order valence-corrected chi connectivity index (χ2v) is 4.62. The van der Waals surface area contributed by atoms with Crippen LogP contribution in [0.15, 0.2) is 29.4 Å². The number of anilines is 1. The van der Waals surface area contributed by atoms with Crippen molar-refractivity contribution in [1.82, 2.24) is 15.6 Å². The molecule has 0 saturated carbocycles. The molecule has 1 amide bonds. The zero-order valence-corrected chi connectivity index (χ0v) is 10.5. The molecule has 6 nitrogen and oxygen atoms in total. The van der Waals surface area contributed by atoms with Gasteiger partial charge in [0.25, 0.3) is 0 Å². The van der Waals surface area contributed by atoms with Gasteiger partial charge >= 0.3 is 0 Å². The lowest BCUT2D eigenvalue weighted by Crippen LogP contribution is -2.19. The second kappa shape index (κ2) is 6.01. The van der Waals surface area contributed by atoms with Gasteiger partial charge in [0, 0.05) is 5.56 Å². The van der Waals surface area contributed by atoms with Crippen LogP contribution in [0.25, 0.3) is 0 Å². The molecule has 0 saturated heterocycles. The van der Waals surface area contributed by atoms with Crippen molar-refractivity contribution < 1.29 is 9.18 Å². The lowest BCUT2D eigenvalue weighted by atomic mass is 10.2. The van der Waals surface area contributed by atoms with Crippen LogP contribution in [0.5, 0.6) is 0 Å². The Labute approximate surface area is 112 Å². The molecule has 1 aromatic heterocycles. The molecule has 19 heavy (non-hydrogen) atoms. The molecule has 3 N–H and O–H groups in total. The first-order valence-corrected chi connectivity index (χ1v) is 6.11.